The summed E-state index contributed by atoms with van der Waals surface area (Å²) in [5.41, 5.74) is 7.61. The van der Waals surface area contributed by atoms with Gasteiger partial charge in [-0.25, -0.2) is 9.78 Å². The minimum absolute atomic E-state index is 0. The predicted octanol–water partition coefficient (Wildman–Crippen LogP) is 1.01. The van der Waals surface area contributed by atoms with Crippen LogP contribution in [0.25, 0.3) is 0 Å². The van der Waals surface area contributed by atoms with Crippen LogP contribution < -0.4 is 21.7 Å². The largest absolute Gasteiger partial charge is 0.477 e. The first-order valence-corrected chi connectivity index (χ1v) is 15.2. The fourth-order valence-electron chi connectivity index (χ4n) is 5.70. The van der Waals surface area contributed by atoms with Crippen molar-refractivity contribution in [2.24, 2.45) is 11.1 Å². The molecule has 0 aromatic carbocycles. The van der Waals surface area contributed by atoms with Crippen LogP contribution in [0.15, 0.2) is 33.0 Å². The summed E-state index contributed by atoms with van der Waals surface area (Å²) in [5, 5.41) is 24.3. The van der Waals surface area contributed by atoms with Crippen LogP contribution in [-0.4, -0.2) is 87.3 Å². The highest BCUT2D eigenvalue weighted by atomic mass is 35.5. The smallest absolute Gasteiger partial charge is 0.352 e. The van der Waals surface area contributed by atoms with Gasteiger partial charge in [0, 0.05) is 42.3 Å². The van der Waals surface area contributed by atoms with Gasteiger partial charge in [0.1, 0.15) is 28.9 Å². The van der Waals surface area contributed by atoms with Crippen molar-refractivity contribution in [1.29, 1.82) is 0 Å². The van der Waals surface area contributed by atoms with Crippen LogP contribution in [-0.2, 0) is 24.0 Å². The van der Waals surface area contributed by atoms with E-state index in [2.05, 4.69) is 26.1 Å². The van der Waals surface area contributed by atoms with Crippen LogP contribution >= 0.6 is 47.9 Å². The molecule has 5 heterocycles. The number of amides is 3. The monoisotopic (exact) mass is 659 g/mol. The van der Waals surface area contributed by atoms with Crippen molar-refractivity contribution in [1.82, 2.24) is 25.8 Å². The van der Waals surface area contributed by atoms with Crippen LogP contribution in [0, 0.1) is 5.92 Å². The third-order valence-corrected chi connectivity index (χ3v) is 9.76. The zero-order valence-electron chi connectivity index (χ0n) is 22.3. The van der Waals surface area contributed by atoms with Gasteiger partial charge in [-0.05, 0) is 43.3 Å². The van der Waals surface area contributed by atoms with Gasteiger partial charge in [0.05, 0.1) is 0 Å². The van der Waals surface area contributed by atoms with Crippen LogP contribution in [0.3, 0.4) is 0 Å². The molecule has 3 amide bonds. The molecule has 3 saturated heterocycles. The number of hydrogen-bond donors (Lipinski definition) is 5. The first-order chi connectivity index (χ1) is 19.3. The maximum absolute atomic E-state index is 13.4. The standard InChI is InChI=1S/C25H29N7O6S2.2ClH/c26-25-29-15(10-40-25)17(31-38-12-3-1-2-4-12)21(34)30-18-22(35)32-19(24(36)37)14(9-39-23(18)32)16(11-7-27-8-11)13-5-6-28-20(13)33;;/h10-12,18,23,27H,1-9H2,(H2,26,29)(H,28,33)(H,30,34)(H,36,37);2*1H/t18-,23-;;/m1../s1. The molecule has 2 atom stereocenters. The number of thiazole rings is 1. The van der Waals surface area contributed by atoms with Crippen LogP contribution in [0.5, 0.6) is 0 Å². The van der Waals surface area contributed by atoms with Crippen molar-refractivity contribution >= 4 is 82.4 Å². The van der Waals surface area contributed by atoms with Gasteiger partial charge in [-0.3, -0.25) is 19.3 Å². The molecule has 13 nitrogen and oxygen atoms in total. The Kier molecular flexibility index (Phi) is 10.1. The molecule has 1 aromatic heterocycles. The van der Waals surface area contributed by atoms with Crippen molar-refractivity contribution in [3.63, 3.8) is 0 Å². The number of fused-ring (bicyclic) bond motifs is 1. The second kappa shape index (κ2) is 13.2. The molecule has 4 fully saturated rings. The molecule has 17 heteroatoms. The molecule has 228 valence electrons. The number of carbonyl (C=O) groups is 4. The number of carboxylic acids is 1. The molecular formula is C25H31Cl2N7O6S2. The van der Waals surface area contributed by atoms with Crippen molar-refractivity contribution in [2.45, 2.75) is 49.6 Å². The number of hydrogen-bond acceptors (Lipinski definition) is 11. The molecule has 42 heavy (non-hydrogen) atoms. The van der Waals surface area contributed by atoms with Gasteiger partial charge in [0.15, 0.2) is 10.8 Å². The Morgan fingerprint density at radius 1 is 1.21 bits per heavy atom. The van der Waals surface area contributed by atoms with Crippen molar-refractivity contribution in [2.75, 3.05) is 31.1 Å². The molecule has 0 bridgehead atoms. The summed E-state index contributed by atoms with van der Waals surface area (Å²) in [4.78, 5) is 62.8. The quantitative estimate of drug-likeness (QED) is 0.117. The third-order valence-electron chi connectivity index (χ3n) is 7.81. The van der Waals surface area contributed by atoms with E-state index < -0.39 is 29.2 Å². The predicted molar refractivity (Wildman–Crippen MR) is 162 cm³/mol. The number of aromatic nitrogens is 1. The number of nitrogens with two attached hydrogens (primary N) is 1. The average molecular weight is 661 g/mol. The molecular weight excluding hydrogens is 629 g/mol. The Labute approximate surface area is 261 Å². The van der Waals surface area contributed by atoms with Crippen LogP contribution in [0.1, 0.15) is 37.8 Å². The van der Waals surface area contributed by atoms with Gasteiger partial charge in [0.2, 0.25) is 5.91 Å². The molecule has 1 aromatic rings. The van der Waals surface area contributed by atoms with Crippen LogP contribution in [0.2, 0.25) is 0 Å². The summed E-state index contributed by atoms with van der Waals surface area (Å²) in [6.45, 7) is 1.77. The second-order valence-corrected chi connectivity index (χ2v) is 12.3. The Hall–Kier alpha value is -2.85. The summed E-state index contributed by atoms with van der Waals surface area (Å²) in [6.07, 6.45) is 4.15. The topological polar surface area (TPSA) is 188 Å². The number of carboxylic acid groups (broad SMARTS) is 1. The maximum Gasteiger partial charge on any atom is 0.352 e. The fourth-order valence-corrected chi connectivity index (χ4v) is 7.62. The van der Waals surface area contributed by atoms with E-state index in [4.69, 9.17) is 10.6 Å². The highest BCUT2D eigenvalue weighted by molar-refractivity contribution is 8.00. The summed E-state index contributed by atoms with van der Waals surface area (Å²) in [5.74, 6) is -2.34. The van der Waals surface area contributed by atoms with E-state index in [1.54, 1.807) is 5.38 Å². The Morgan fingerprint density at radius 2 is 1.95 bits per heavy atom. The summed E-state index contributed by atoms with van der Waals surface area (Å²) in [6, 6.07) is -0.961. The highest BCUT2D eigenvalue weighted by Crippen LogP contribution is 2.45. The minimum atomic E-state index is -1.24. The van der Waals surface area contributed by atoms with E-state index in [0.29, 0.717) is 43.0 Å². The molecule has 6 rings (SSSR count). The lowest BCUT2D eigenvalue weighted by Gasteiger charge is -2.50. The first kappa shape index (κ1) is 32.1. The Bertz CT molecular complexity index is 1370. The summed E-state index contributed by atoms with van der Waals surface area (Å²) in [7, 11) is 0. The zero-order valence-corrected chi connectivity index (χ0v) is 25.6. The van der Waals surface area contributed by atoms with Crippen LogP contribution in [0.4, 0.5) is 5.13 Å². The Morgan fingerprint density at radius 3 is 2.52 bits per heavy atom. The van der Waals surface area contributed by atoms with Gasteiger partial charge in [-0.2, -0.15) is 0 Å². The lowest BCUT2D eigenvalue weighted by molar-refractivity contribution is -0.150. The van der Waals surface area contributed by atoms with E-state index in [0.717, 1.165) is 42.6 Å². The number of nitrogens with one attached hydrogen (secondary N) is 3. The number of aliphatic carboxylic acids is 1. The SMILES string of the molecule is Cl.Cl.Nc1nc(C(=NOC2CCCC2)C(=O)N[C@@H]2C(=O)N3C(C(=O)O)=C(C(=C4CCNC4=O)C4CNC4)CS[C@H]23)cs1. The summed E-state index contributed by atoms with van der Waals surface area (Å²) < 4.78 is 0. The summed E-state index contributed by atoms with van der Waals surface area (Å²) >= 11 is 2.51. The maximum atomic E-state index is 13.4. The van der Waals surface area contributed by atoms with Crippen molar-refractivity contribution in [3.8, 4) is 0 Å². The van der Waals surface area contributed by atoms with Gasteiger partial charge >= 0.3 is 5.97 Å². The minimum Gasteiger partial charge on any atom is -0.477 e. The molecule has 4 aliphatic heterocycles. The number of nitrogen functional groups attached to an aromatic ring is 1. The molecule has 1 aliphatic carbocycles. The van der Waals surface area contributed by atoms with Gasteiger partial charge in [0.25, 0.3) is 11.8 Å². The van der Waals surface area contributed by atoms with Crippen molar-refractivity contribution < 1.29 is 29.1 Å². The molecule has 0 radical (unpaired) electrons. The lowest BCUT2D eigenvalue weighted by Crippen LogP contribution is -2.71. The van der Waals surface area contributed by atoms with E-state index in [-0.39, 0.29) is 65.0 Å². The number of thioether (sulfide) groups is 1. The van der Waals surface area contributed by atoms with E-state index in [9.17, 15) is 24.3 Å². The normalized spacial score (nSPS) is 25.4. The number of anilines is 1. The van der Waals surface area contributed by atoms with Gasteiger partial charge in [-0.15, -0.1) is 47.9 Å². The molecule has 0 unspecified atom stereocenters. The Balaban J connectivity index is 0.00000202. The molecule has 1 saturated carbocycles. The number of nitrogens with zero attached hydrogens (tertiary/aromatic N) is 3. The number of halogens is 2. The first-order valence-electron chi connectivity index (χ1n) is 13.2. The van der Waals surface area contributed by atoms with Crippen molar-refractivity contribution in [3.05, 3.63) is 33.5 Å². The number of β-lactam (4-membered cyclic amide) rings is 1. The number of carbonyl (C=O) groups excluding carboxylic acids is 3. The second-order valence-electron chi connectivity index (χ2n) is 10.3. The highest BCUT2D eigenvalue weighted by Gasteiger charge is 2.55. The molecule has 0 spiro atoms. The molecule has 5 aliphatic rings. The van der Waals surface area contributed by atoms with E-state index >= 15 is 0 Å². The third kappa shape index (κ3) is 5.84. The lowest BCUT2D eigenvalue weighted by atomic mass is 9.82. The van der Waals surface area contributed by atoms with E-state index in [1.165, 1.54) is 16.7 Å². The number of rotatable bonds is 8. The van der Waals surface area contributed by atoms with E-state index in [1.807, 2.05) is 0 Å². The fraction of sp³-hybridized carbons (Fsp3) is 0.520. The van der Waals surface area contributed by atoms with Gasteiger partial charge in [-0.1, -0.05) is 5.16 Å². The average Bonchev–Trinajstić information content (AvgIpc) is 3.67. The zero-order chi connectivity index (χ0) is 28.0. The molecule has 6 N–H and O–H groups in total. The van der Waals surface area contributed by atoms with Gasteiger partial charge < -0.3 is 31.6 Å². The number of oxime groups is 1.